The van der Waals surface area contributed by atoms with Gasteiger partial charge in [-0.05, 0) is 63.3 Å². The summed E-state index contributed by atoms with van der Waals surface area (Å²) in [5.74, 6) is -0.451. The topological polar surface area (TPSA) is 70.6 Å². The average Bonchev–Trinajstić information content (AvgIpc) is 3.51. The van der Waals surface area contributed by atoms with Gasteiger partial charge in [0.2, 0.25) is 0 Å². The van der Waals surface area contributed by atoms with Gasteiger partial charge >= 0.3 is 12.4 Å². The highest BCUT2D eigenvalue weighted by Crippen LogP contribution is 2.38. The van der Waals surface area contributed by atoms with E-state index in [-0.39, 0.29) is 37.2 Å². The number of nitrogens with one attached hydrogen (secondary N) is 2. The average molecular weight is 468 g/mol. The molecule has 3 rings (SSSR count). The first-order chi connectivity index (χ1) is 14.6. The monoisotopic (exact) mass is 468 g/mol. The van der Waals surface area contributed by atoms with E-state index in [1.54, 1.807) is 6.92 Å². The van der Waals surface area contributed by atoms with Gasteiger partial charge in [0, 0.05) is 18.1 Å². The number of aliphatic hydroxyl groups is 1. The molecule has 2 aliphatic rings. The molecule has 1 heterocycles. The Balaban J connectivity index is 1.65. The van der Waals surface area contributed by atoms with Crippen LogP contribution >= 0.6 is 0 Å². The van der Waals surface area contributed by atoms with E-state index in [1.807, 2.05) is 0 Å². The van der Waals surface area contributed by atoms with Gasteiger partial charge in [-0.15, -0.1) is 0 Å². The molecule has 0 spiro atoms. The van der Waals surface area contributed by atoms with E-state index in [0.717, 1.165) is 12.8 Å². The van der Waals surface area contributed by atoms with Crippen LogP contribution in [0, 0.1) is 0 Å². The number of piperidine rings is 1. The maximum atomic E-state index is 13.1. The highest BCUT2D eigenvalue weighted by molar-refractivity contribution is 5.85. The number of halogens is 6. The minimum atomic E-state index is -4.93. The molecule has 1 aliphatic carbocycles. The number of rotatable bonds is 6. The Bertz CT molecular complexity index is 811. The van der Waals surface area contributed by atoms with Crippen LogP contribution in [0.1, 0.15) is 62.3 Å². The Morgan fingerprint density at radius 3 is 2.16 bits per heavy atom. The normalized spacial score (nSPS) is 27.8. The zero-order valence-electron chi connectivity index (χ0n) is 17.7. The fourth-order valence-electron chi connectivity index (χ4n) is 3.50. The van der Waals surface area contributed by atoms with E-state index in [4.69, 9.17) is 4.74 Å². The highest BCUT2D eigenvalue weighted by Gasteiger charge is 2.45. The molecule has 1 saturated heterocycles. The number of carbonyl (C=O) groups excluding carboxylic acids is 1. The predicted octanol–water partition coefficient (Wildman–Crippen LogP) is 3.95. The smallest absolute Gasteiger partial charge is 0.379 e. The van der Waals surface area contributed by atoms with Crippen molar-refractivity contribution in [2.45, 2.75) is 75.2 Å². The molecule has 1 amide bonds. The summed E-state index contributed by atoms with van der Waals surface area (Å²) in [7, 11) is 0. The molecule has 1 aromatic rings. The first kappa shape index (κ1) is 24.8. The third-order valence-corrected chi connectivity index (χ3v) is 5.96. The maximum Gasteiger partial charge on any atom is 0.416 e. The van der Waals surface area contributed by atoms with Crippen molar-refractivity contribution in [1.82, 2.24) is 10.6 Å². The van der Waals surface area contributed by atoms with Gasteiger partial charge in [0.05, 0.1) is 23.8 Å². The second-order valence-electron chi connectivity index (χ2n) is 8.99. The summed E-state index contributed by atoms with van der Waals surface area (Å²) in [5.41, 5.74) is -5.32. The number of β-amino-alcohol motifs (C(OH)–C–C–N with tert-alkyl or cyclic N) is 1. The third kappa shape index (κ3) is 5.93. The zero-order chi connectivity index (χ0) is 23.9. The Morgan fingerprint density at radius 2 is 1.72 bits per heavy atom. The molecule has 32 heavy (non-hydrogen) atoms. The maximum absolute atomic E-state index is 13.1. The summed E-state index contributed by atoms with van der Waals surface area (Å²) in [6.07, 6.45) is -8.68. The molecule has 0 bridgehead atoms. The Kier molecular flexibility index (Phi) is 6.58. The summed E-state index contributed by atoms with van der Waals surface area (Å²) >= 11 is 0. The molecule has 3 N–H and O–H groups in total. The highest BCUT2D eigenvalue weighted by atomic mass is 19.4. The number of amides is 1. The number of ether oxygens (including phenoxy) is 1. The number of alkyl halides is 6. The van der Waals surface area contributed by atoms with Gasteiger partial charge in [-0.25, -0.2) is 0 Å². The van der Waals surface area contributed by atoms with Crippen molar-refractivity contribution >= 4 is 5.91 Å². The van der Waals surface area contributed by atoms with Crippen LogP contribution in [0.2, 0.25) is 0 Å². The van der Waals surface area contributed by atoms with Gasteiger partial charge in [0.25, 0.3) is 5.91 Å². The lowest BCUT2D eigenvalue weighted by Gasteiger charge is -2.42. The van der Waals surface area contributed by atoms with Gasteiger partial charge in [-0.3, -0.25) is 4.79 Å². The molecule has 3 atom stereocenters. The molecule has 5 nitrogen and oxygen atoms in total. The molecule has 0 aromatic heterocycles. The van der Waals surface area contributed by atoms with Crippen LogP contribution < -0.4 is 10.6 Å². The second kappa shape index (κ2) is 8.49. The van der Waals surface area contributed by atoms with Gasteiger partial charge in [0.1, 0.15) is 0 Å². The molecule has 1 saturated carbocycles. The van der Waals surface area contributed by atoms with E-state index in [0.29, 0.717) is 18.6 Å². The van der Waals surface area contributed by atoms with Crippen LogP contribution in [0.25, 0.3) is 0 Å². The van der Waals surface area contributed by atoms with E-state index in [2.05, 4.69) is 10.6 Å². The predicted molar refractivity (Wildman–Crippen MR) is 103 cm³/mol. The van der Waals surface area contributed by atoms with E-state index in [1.165, 1.54) is 6.92 Å². The lowest BCUT2D eigenvalue weighted by atomic mass is 9.82. The number of hydrogen-bond donors (Lipinski definition) is 3. The summed E-state index contributed by atoms with van der Waals surface area (Å²) in [4.78, 5) is 12.2. The Hall–Kier alpha value is -1.85. The molecule has 1 unspecified atom stereocenters. The summed E-state index contributed by atoms with van der Waals surface area (Å²) in [5, 5.41) is 16.4. The van der Waals surface area contributed by atoms with Gasteiger partial charge in [-0.2, -0.15) is 26.3 Å². The number of hydrogen-bond acceptors (Lipinski definition) is 4. The lowest BCUT2D eigenvalue weighted by Crippen LogP contribution is -2.63. The minimum Gasteiger partial charge on any atom is -0.379 e. The molecule has 1 aliphatic heterocycles. The van der Waals surface area contributed by atoms with Crippen LogP contribution in [0.4, 0.5) is 26.3 Å². The van der Waals surface area contributed by atoms with Crippen LogP contribution in [-0.2, 0) is 21.9 Å². The van der Waals surface area contributed by atoms with Crippen LogP contribution in [-0.4, -0.2) is 41.3 Å². The zero-order valence-corrected chi connectivity index (χ0v) is 17.7. The summed E-state index contributed by atoms with van der Waals surface area (Å²) in [6, 6.07) is 1.47. The summed E-state index contributed by atoms with van der Waals surface area (Å²) < 4.78 is 84.1. The minimum absolute atomic E-state index is 0.0356. The first-order valence-electron chi connectivity index (χ1n) is 10.3. The molecule has 1 aromatic carbocycles. The molecule has 2 fully saturated rings. The van der Waals surface area contributed by atoms with Gasteiger partial charge in [0.15, 0.2) is 5.60 Å². The number of carbonyl (C=O) groups is 1. The van der Waals surface area contributed by atoms with Crippen LogP contribution in [0.3, 0.4) is 0 Å². The SMILES string of the molecule is C[C@@H](OC[C@@]1(C)CCC(O)(C(=O)NC2CC2)CN1)c1cc(C(F)(F)F)cc(C(F)(F)F)c1. The first-order valence-corrected chi connectivity index (χ1v) is 10.3. The largest absolute Gasteiger partial charge is 0.416 e. The van der Waals surface area contributed by atoms with Crippen molar-refractivity contribution in [3.8, 4) is 0 Å². The van der Waals surface area contributed by atoms with Gasteiger partial charge in [-0.1, -0.05) is 0 Å². The molecular formula is C21H26F6N2O3. The van der Waals surface area contributed by atoms with Crippen molar-refractivity contribution in [2.75, 3.05) is 13.2 Å². The van der Waals surface area contributed by atoms with Crippen molar-refractivity contribution in [3.05, 3.63) is 34.9 Å². The Labute approximate surface area is 181 Å². The van der Waals surface area contributed by atoms with E-state index in [9.17, 15) is 36.2 Å². The fraction of sp³-hybridized carbons (Fsp3) is 0.667. The molecule has 11 heteroatoms. The summed E-state index contributed by atoms with van der Waals surface area (Å²) in [6.45, 7) is 3.06. The van der Waals surface area contributed by atoms with E-state index < -0.39 is 46.6 Å². The van der Waals surface area contributed by atoms with Crippen LogP contribution in [0.5, 0.6) is 0 Å². The second-order valence-corrected chi connectivity index (χ2v) is 8.99. The molecule has 180 valence electrons. The van der Waals surface area contributed by atoms with E-state index >= 15 is 0 Å². The fourth-order valence-corrected chi connectivity index (χ4v) is 3.50. The van der Waals surface area contributed by atoms with Crippen molar-refractivity contribution < 1.29 is 41.0 Å². The van der Waals surface area contributed by atoms with Crippen molar-refractivity contribution in [1.29, 1.82) is 0 Å². The van der Waals surface area contributed by atoms with Crippen molar-refractivity contribution in [3.63, 3.8) is 0 Å². The molecule has 0 radical (unpaired) electrons. The van der Waals surface area contributed by atoms with Gasteiger partial charge < -0.3 is 20.5 Å². The molecular weight excluding hydrogens is 442 g/mol. The standard InChI is InChI=1S/C21H26F6N2O3/c1-12(13-7-14(20(22,23)24)9-15(8-13)21(25,26)27)32-11-18(2)5-6-19(31,10-28-18)17(30)29-16-3-4-16/h7-9,12,16,28,31H,3-6,10-11H2,1-2H3,(H,29,30)/t12-,18-,19?/m1/s1. The van der Waals surface area contributed by atoms with Crippen LogP contribution in [0.15, 0.2) is 18.2 Å². The third-order valence-electron chi connectivity index (χ3n) is 5.96. The van der Waals surface area contributed by atoms with Crippen molar-refractivity contribution in [2.24, 2.45) is 0 Å². The quantitative estimate of drug-likeness (QED) is 0.553. The lowest BCUT2D eigenvalue weighted by molar-refractivity contribution is -0.145. The number of benzene rings is 1. The Morgan fingerprint density at radius 1 is 1.16 bits per heavy atom.